The zero-order chi connectivity index (χ0) is 44.2. The molecular formula is C48H42N4O11. The van der Waals surface area contributed by atoms with Crippen LogP contribution in [0.1, 0.15) is 55.3 Å². The highest BCUT2D eigenvalue weighted by atomic mass is 16.6. The van der Waals surface area contributed by atoms with Crippen molar-refractivity contribution < 1.29 is 52.3 Å². The molecule has 0 aliphatic heterocycles. The maximum absolute atomic E-state index is 12.7. The lowest BCUT2D eigenvalue weighted by Crippen LogP contribution is -2.15. The van der Waals surface area contributed by atoms with E-state index in [-0.39, 0.29) is 49.1 Å². The van der Waals surface area contributed by atoms with Gasteiger partial charge in [0.05, 0.1) is 71.4 Å². The summed E-state index contributed by atoms with van der Waals surface area (Å²) in [4.78, 5) is 50.3. The summed E-state index contributed by atoms with van der Waals surface area (Å²) < 4.78 is 37.6. The first-order valence-corrected chi connectivity index (χ1v) is 19.8. The van der Waals surface area contributed by atoms with Crippen LogP contribution in [0.15, 0.2) is 166 Å². The summed E-state index contributed by atoms with van der Waals surface area (Å²) in [5, 5.41) is 16.8. The van der Waals surface area contributed by atoms with Crippen molar-refractivity contribution in [3.8, 4) is 23.0 Å². The van der Waals surface area contributed by atoms with Crippen LogP contribution < -0.4 is 18.9 Å². The highest BCUT2D eigenvalue weighted by Crippen LogP contribution is 2.24. The van der Waals surface area contributed by atoms with Crippen molar-refractivity contribution in [2.75, 3.05) is 39.6 Å². The van der Waals surface area contributed by atoms with Crippen LogP contribution in [0, 0.1) is 0 Å². The molecule has 0 saturated heterocycles. The normalized spacial score (nSPS) is 11.0. The smallest absolute Gasteiger partial charge is 0.343 e. The summed E-state index contributed by atoms with van der Waals surface area (Å²) in [6.07, 6.45) is 0. The van der Waals surface area contributed by atoms with Crippen molar-refractivity contribution >= 4 is 46.6 Å². The van der Waals surface area contributed by atoms with E-state index in [1.54, 1.807) is 72.8 Å². The van der Waals surface area contributed by atoms with E-state index in [4.69, 9.17) is 33.2 Å². The Morgan fingerprint density at radius 2 is 0.619 bits per heavy atom. The summed E-state index contributed by atoms with van der Waals surface area (Å²) >= 11 is 0. The van der Waals surface area contributed by atoms with Gasteiger partial charge < -0.3 is 33.2 Å². The van der Waals surface area contributed by atoms with Gasteiger partial charge in [-0.05, 0) is 159 Å². The van der Waals surface area contributed by atoms with Gasteiger partial charge in [-0.15, -0.1) is 0 Å². The molecule has 0 saturated carbocycles. The molecule has 15 nitrogen and oxygen atoms in total. The van der Waals surface area contributed by atoms with Gasteiger partial charge in [0.1, 0.15) is 36.2 Å². The van der Waals surface area contributed by atoms with Gasteiger partial charge in [-0.3, -0.25) is 0 Å². The average Bonchev–Trinajstić information content (AvgIpc) is 3.31. The fraction of sp³-hybridized carbons (Fsp3) is 0.167. The number of nitrogens with zero attached hydrogens (tertiary/aromatic N) is 4. The van der Waals surface area contributed by atoms with Crippen molar-refractivity contribution in [2.24, 2.45) is 20.5 Å². The number of azo groups is 2. The molecule has 0 aromatic heterocycles. The van der Waals surface area contributed by atoms with E-state index in [1.165, 1.54) is 48.5 Å². The van der Waals surface area contributed by atoms with Gasteiger partial charge in [0.2, 0.25) is 0 Å². The van der Waals surface area contributed by atoms with Crippen LogP contribution >= 0.6 is 0 Å². The lowest BCUT2D eigenvalue weighted by Gasteiger charge is -2.09. The van der Waals surface area contributed by atoms with Crippen molar-refractivity contribution in [2.45, 2.75) is 13.8 Å². The number of carbonyl (C=O) groups is 4. The number of benzene rings is 6. The van der Waals surface area contributed by atoms with Crippen molar-refractivity contribution in [3.05, 3.63) is 168 Å². The van der Waals surface area contributed by atoms with Gasteiger partial charge in [-0.1, -0.05) is 0 Å². The Bertz CT molecular complexity index is 2310. The van der Waals surface area contributed by atoms with E-state index in [1.807, 2.05) is 38.1 Å². The predicted octanol–water partition coefficient (Wildman–Crippen LogP) is 10.8. The third-order valence-corrected chi connectivity index (χ3v) is 8.59. The topological polar surface area (TPSA) is 182 Å². The van der Waals surface area contributed by atoms with Crippen LogP contribution in [0.3, 0.4) is 0 Å². The van der Waals surface area contributed by atoms with Crippen LogP contribution in [0.25, 0.3) is 0 Å². The quantitative estimate of drug-likeness (QED) is 0.0308. The summed E-state index contributed by atoms with van der Waals surface area (Å²) in [5.41, 5.74) is 3.55. The van der Waals surface area contributed by atoms with E-state index in [0.717, 1.165) is 11.5 Å². The third kappa shape index (κ3) is 14.0. The Morgan fingerprint density at radius 1 is 0.349 bits per heavy atom. The second-order valence-electron chi connectivity index (χ2n) is 13.1. The van der Waals surface area contributed by atoms with E-state index in [2.05, 4.69) is 20.5 Å². The van der Waals surface area contributed by atoms with Gasteiger partial charge in [0, 0.05) is 0 Å². The first-order valence-electron chi connectivity index (χ1n) is 19.8. The number of hydrogen-bond acceptors (Lipinski definition) is 15. The van der Waals surface area contributed by atoms with Crippen molar-refractivity contribution in [3.63, 3.8) is 0 Å². The largest absolute Gasteiger partial charge is 0.494 e. The second-order valence-corrected chi connectivity index (χ2v) is 13.1. The molecule has 0 radical (unpaired) electrons. The van der Waals surface area contributed by atoms with Crippen LogP contribution in [0.4, 0.5) is 22.7 Å². The van der Waals surface area contributed by atoms with Gasteiger partial charge in [0.25, 0.3) is 0 Å². The molecule has 0 amide bonds. The maximum Gasteiger partial charge on any atom is 0.343 e. The van der Waals surface area contributed by atoms with E-state index >= 15 is 0 Å². The first-order chi connectivity index (χ1) is 30.8. The highest BCUT2D eigenvalue weighted by Gasteiger charge is 2.13. The molecule has 0 bridgehead atoms. The summed E-state index contributed by atoms with van der Waals surface area (Å²) in [5.74, 6) is -0.365. The molecule has 15 heteroatoms. The predicted molar refractivity (Wildman–Crippen MR) is 231 cm³/mol. The van der Waals surface area contributed by atoms with Crippen LogP contribution in [0.2, 0.25) is 0 Å². The molecule has 0 fully saturated rings. The minimum absolute atomic E-state index is 0.0423. The SMILES string of the molecule is CCOc1ccc(N=Nc2ccc(C(=O)Oc3ccc(C(=O)OCCOCCOC(=O)c4ccc(OC(=O)c5ccc(N=Nc6ccc(OCC)cc6)cc5)cc4)cc3)cc2)cc1. The standard InChI is InChI=1S/C48H42N4O11/c1-3-58-41-25-17-39(18-26-41)51-49-37-13-5-35(6-14-37)47(55)62-43-21-9-33(10-22-43)45(53)60-31-29-57-30-32-61-46(54)34-11-23-44(24-12-34)63-48(56)36-7-15-38(16-8-36)50-52-40-19-27-42(28-20-40)59-4-2/h5-28H,3-4,29-32H2,1-2H3. The molecule has 0 spiro atoms. The lowest BCUT2D eigenvalue weighted by atomic mass is 10.2. The Morgan fingerprint density at radius 3 is 0.937 bits per heavy atom. The molecule has 6 aromatic rings. The summed E-state index contributed by atoms with van der Waals surface area (Å²) in [7, 11) is 0. The number of esters is 4. The molecule has 320 valence electrons. The minimum atomic E-state index is -0.593. The molecule has 0 aliphatic carbocycles. The number of rotatable bonds is 20. The van der Waals surface area contributed by atoms with E-state index in [9.17, 15) is 19.2 Å². The maximum atomic E-state index is 12.7. The van der Waals surface area contributed by atoms with E-state index < -0.39 is 23.9 Å². The van der Waals surface area contributed by atoms with Crippen molar-refractivity contribution in [1.29, 1.82) is 0 Å². The fourth-order valence-corrected chi connectivity index (χ4v) is 5.42. The Balaban J connectivity index is 0.833. The third-order valence-electron chi connectivity index (χ3n) is 8.59. The molecule has 0 atom stereocenters. The van der Waals surface area contributed by atoms with E-state index in [0.29, 0.717) is 47.1 Å². The van der Waals surface area contributed by atoms with Crippen LogP contribution in [0.5, 0.6) is 23.0 Å². The number of ether oxygens (including phenoxy) is 7. The van der Waals surface area contributed by atoms with Gasteiger partial charge >= 0.3 is 23.9 Å². The number of hydrogen-bond donors (Lipinski definition) is 0. The first kappa shape index (κ1) is 44.5. The molecule has 6 rings (SSSR count). The molecule has 6 aromatic carbocycles. The second kappa shape index (κ2) is 23.1. The van der Waals surface area contributed by atoms with Crippen molar-refractivity contribution in [1.82, 2.24) is 0 Å². The highest BCUT2D eigenvalue weighted by molar-refractivity contribution is 5.93. The zero-order valence-corrected chi connectivity index (χ0v) is 34.4. The monoisotopic (exact) mass is 850 g/mol. The summed E-state index contributed by atoms with van der Waals surface area (Å²) in [6.45, 7) is 5.03. The van der Waals surface area contributed by atoms with Crippen LogP contribution in [-0.4, -0.2) is 63.5 Å². The van der Waals surface area contributed by atoms with Gasteiger partial charge in [0.15, 0.2) is 0 Å². The molecular weight excluding hydrogens is 809 g/mol. The molecule has 0 heterocycles. The van der Waals surface area contributed by atoms with Gasteiger partial charge in [-0.25, -0.2) is 19.2 Å². The fourth-order valence-electron chi connectivity index (χ4n) is 5.42. The van der Waals surface area contributed by atoms with Gasteiger partial charge in [-0.2, -0.15) is 20.5 Å². The Hall–Kier alpha value is -8.04. The molecule has 0 unspecified atom stereocenters. The molecule has 63 heavy (non-hydrogen) atoms. The Labute approximate surface area is 362 Å². The molecule has 0 aliphatic rings. The zero-order valence-electron chi connectivity index (χ0n) is 34.4. The number of carbonyl (C=O) groups excluding carboxylic acids is 4. The molecule has 0 N–H and O–H groups in total. The minimum Gasteiger partial charge on any atom is -0.494 e. The lowest BCUT2D eigenvalue weighted by molar-refractivity contribution is 0.0151. The Kier molecular flexibility index (Phi) is 16.3. The van der Waals surface area contributed by atoms with Crippen LogP contribution in [-0.2, 0) is 14.2 Å². The average molecular weight is 851 g/mol. The summed E-state index contributed by atoms with van der Waals surface area (Å²) in [6, 6.07) is 39.2.